The Morgan fingerprint density at radius 2 is 2.05 bits per heavy atom. The van der Waals surface area contributed by atoms with E-state index in [9.17, 15) is 8.42 Å². The molecular weight excluding hydrogens is 314 g/mol. The molecule has 0 aromatic heterocycles. The van der Waals surface area contributed by atoms with Crippen molar-refractivity contribution in [1.29, 1.82) is 0 Å². The van der Waals surface area contributed by atoms with Crippen LogP contribution in [0, 0.1) is 0 Å². The molecule has 1 aromatic rings. The summed E-state index contributed by atoms with van der Waals surface area (Å²) in [6, 6.07) is 3.57. The molecule has 7 heteroatoms. The highest BCUT2D eigenvalue weighted by atomic mass is 35.5. The van der Waals surface area contributed by atoms with E-state index in [1.807, 2.05) is 19.1 Å². The summed E-state index contributed by atoms with van der Waals surface area (Å²) in [5.74, 6) is 1.33. The fourth-order valence-electron chi connectivity index (χ4n) is 2.19. The van der Waals surface area contributed by atoms with Crippen molar-refractivity contribution < 1.29 is 17.9 Å². The predicted molar refractivity (Wildman–Crippen MR) is 83.1 cm³/mol. The molecule has 0 radical (unpaired) electrons. The first-order valence-corrected chi connectivity index (χ1v) is 9.28. The normalized spacial score (nSPS) is 16.3. The van der Waals surface area contributed by atoms with Crippen LogP contribution in [-0.4, -0.2) is 39.7 Å². The van der Waals surface area contributed by atoms with Gasteiger partial charge in [0.1, 0.15) is 9.84 Å². The first-order chi connectivity index (χ1) is 9.85. The summed E-state index contributed by atoms with van der Waals surface area (Å²) in [6.45, 7) is 3.55. The molecule has 0 amide bonds. The van der Waals surface area contributed by atoms with Crippen molar-refractivity contribution in [2.75, 3.05) is 25.2 Å². The van der Waals surface area contributed by atoms with E-state index in [4.69, 9.17) is 21.1 Å². The van der Waals surface area contributed by atoms with Crippen LogP contribution in [0.1, 0.15) is 18.9 Å². The molecule has 118 valence electrons. The minimum absolute atomic E-state index is 0.102. The van der Waals surface area contributed by atoms with Crippen molar-refractivity contribution in [2.45, 2.75) is 25.9 Å². The Hall–Kier alpha value is -0.980. The summed E-state index contributed by atoms with van der Waals surface area (Å²) in [5.41, 5.74) is 0.935. The van der Waals surface area contributed by atoms with E-state index in [1.165, 1.54) is 6.26 Å². The van der Waals surface area contributed by atoms with Crippen LogP contribution in [0.3, 0.4) is 0 Å². The lowest BCUT2D eigenvalue weighted by molar-refractivity contribution is 0.297. The Labute approximate surface area is 130 Å². The second-order valence-corrected chi connectivity index (χ2v) is 7.92. The molecule has 0 bridgehead atoms. The van der Waals surface area contributed by atoms with Gasteiger partial charge in [-0.05, 0) is 24.6 Å². The predicted octanol–water partition coefficient (Wildman–Crippen LogP) is 2.02. The fourth-order valence-corrected chi connectivity index (χ4v) is 3.51. The number of halogens is 1. The molecular formula is C14H20ClNO4S. The van der Waals surface area contributed by atoms with Crippen molar-refractivity contribution in [3.63, 3.8) is 0 Å². The van der Waals surface area contributed by atoms with Crippen molar-refractivity contribution in [3.8, 4) is 11.5 Å². The maximum absolute atomic E-state index is 11.2. The molecule has 0 aliphatic carbocycles. The van der Waals surface area contributed by atoms with Gasteiger partial charge < -0.3 is 14.8 Å². The van der Waals surface area contributed by atoms with Crippen LogP contribution < -0.4 is 14.8 Å². The Bertz CT molecular complexity index is 603. The number of hydrogen-bond donors (Lipinski definition) is 1. The van der Waals surface area contributed by atoms with E-state index in [1.54, 1.807) is 0 Å². The topological polar surface area (TPSA) is 64.6 Å². The van der Waals surface area contributed by atoms with E-state index in [0.29, 0.717) is 36.3 Å². The Morgan fingerprint density at radius 3 is 2.76 bits per heavy atom. The minimum atomic E-state index is -2.99. The Balaban J connectivity index is 2.04. The van der Waals surface area contributed by atoms with E-state index >= 15 is 0 Å². The highest BCUT2D eigenvalue weighted by molar-refractivity contribution is 7.90. The fraction of sp³-hybridized carbons (Fsp3) is 0.571. The van der Waals surface area contributed by atoms with Gasteiger partial charge in [0.05, 0.1) is 24.0 Å². The summed E-state index contributed by atoms with van der Waals surface area (Å²) >= 11 is 6.21. The lowest BCUT2D eigenvalue weighted by Crippen LogP contribution is -2.32. The van der Waals surface area contributed by atoms with Crippen LogP contribution in [0.5, 0.6) is 11.5 Å². The Morgan fingerprint density at radius 1 is 1.33 bits per heavy atom. The van der Waals surface area contributed by atoms with Crippen LogP contribution in [0.15, 0.2) is 12.1 Å². The second kappa shape index (κ2) is 6.85. The monoisotopic (exact) mass is 333 g/mol. The van der Waals surface area contributed by atoms with E-state index in [-0.39, 0.29) is 11.8 Å². The maximum atomic E-state index is 11.2. The van der Waals surface area contributed by atoms with Crippen LogP contribution in [0.25, 0.3) is 0 Å². The van der Waals surface area contributed by atoms with Crippen LogP contribution in [-0.2, 0) is 16.4 Å². The number of rotatable bonds is 5. The van der Waals surface area contributed by atoms with Gasteiger partial charge in [-0.1, -0.05) is 11.6 Å². The summed E-state index contributed by atoms with van der Waals surface area (Å²) < 4.78 is 33.7. The molecule has 1 aliphatic rings. The third-order valence-corrected chi connectivity index (χ3v) is 4.46. The molecule has 1 unspecified atom stereocenters. The first kappa shape index (κ1) is 16.4. The van der Waals surface area contributed by atoms with Gasteiger partial charge in [0.15, 0.2) is 11.5 Å². The van der Waals surface area contributed by atoms with Gasteiger partial charge in [-0.2, -0.15) is 0 Å². The van der Waals surface area contributed by atoms with E-state index in [0.717, 1.165) is 12.0 Å². The van der Waals surface area contributed by atoms with Crippen LogP contribution in [0.4, 0.5) is 0 Å². The number of nitrogens with one attached hydrogen (secondary N) is 1. The van der Waals surface area contributed by atoms with Crippen LogP contribution in [0.2, 0.25) is 5.02 Å². The lowest BCUT2D eigenvalue weighted by Gasteiger charge is -2.15. The third kappa shape index (κ3) is 5.05. The lowest BCUT2D eigenvalue weighted by atomic mass is 10.2. The average molecular weight is 334 g/mol. The summed E-state index contributed by atoms with van der Waals surface area (Å²) in [5, 5.41) is 3.69. The van der Waals surface area contributed by atoms with Gasteiger partial charge in [0.25, 0.3) is 0 Å². The molecule has 1 aliphatic heterocycles. The molecule has 1 heterocycles. The van der Waals surface area contributed by atoms with Crippen molar-refractivity contribution >= 4 is 21.4 Å². The van der Waals surface area contributed by atoms with Crippen molar-refractivity contribution in [2.24, 2.45) is 0 Å². The molecule has 21 heavy (non-hydrogen) atoms. The molecule has 0 saturated carbocycles. The summed E-state index contributed by atoms with van der Waals surface area (Å²) in [7, 11) is -2.99. The number of benzene rings is 1. The standard InChI is InChI=1S/C14H20ClNO4S/c1-10(9-21(2,17)18)16-8-11-6-12(15)14-13(7-11)19-4-3-5-20-14/h6-7,10,16H,3-5,8-9H2,1-2H3. The third-order valence-electron chi connectivity index (χ3n) is 3.07. The van der Waals surface area contributed by atoms with Gasteiger partial charge in [-0.25, -0.2) is 8.42 Å². The summed E-state index contributed by atoms with van der Waals surface area (Å²) in [4.78, 5) is 0. The van der Waals surface area contributed by atoms with Crippen molar-refractivity contribution in [1.82, 2.24) is 5.32 Å². The molecule has 1 atom stereocenters. The molecule has 0 spiro atoms. The van der Waals surface area contributed by atoms with E-state index < -0.39 is 9.84 Å². The molecule has 1 N–H and O–H groups in total. The largest absolute Gasteiger partial charge is 0.489 e. The number of ether oxygens (including phenoxy) is 2. The zero-order valence-corrected chi connectivity index (χ0v) is 13.8. The molecule has 1 aromatic carbocycles. The molecule has 5 nitrogen and oxygen atoms in total. The number of fused-ring (bicyclic) bond motifs is 1. The zero-order valence-electron chi connectivity index (χ0n) is 12.2. The van der Waals surface area contributed by atoms with Crippen LogP contribution >= 0.6 is 11.6 Å². The maximum Gasteiger partial charge on any atom is 0.179 e. The molecule has 0 saturated heterocycles. The molecule has 0 fully saturated rings. The average Bonchev–Trinajstić information content (AvgIpc) is 2.60. The zero-order chi connectivity index (χ0) is 15.5. The second-order valence-electron chi connectivity index (χ2n) is 5.33. The smallest absolute Gasteiger partial charge is 0.179 e. The van der Waals surface area contributed by atoms with Crippen molar-refractivity contribution in [3.05, 3.63) is 22.7 Å². The van der Waals surface area contributed by atoms with Gasteiger partial charge in [0.2, 0.25) is 0 Å². The highest BCUT2D eigenvalue weighted by Crippen LogP contribution is 2.37. The van der Waals surface area contributed by atoms with Gasteiger partial charge in [-0.15, -0.1) is 0 Å². The highest BCUT2D eigenvalue weighted by Gasteiger charge is 2.16. The summed E-state index contributed by atoms with van der Waals surface area (Å²) in [6.07, 6.45) is 2.06. The minimum Gasteiger partial charge on any atom is -0.489 e. The first-order valence-electron chi connectivity index (χ1n) is 6.84. The van der Waals surface area contributed by atoms with Gasteiger partial charge in [0, 0.05) is 25.3 Å². The quantitative estimate of drug-likeness (QED) is 0.893. The van der Waals surface area contributed by atoms with E-state index in [2.05, 4.69) is 5.32 Å². The number of sulfone groups is 1. The SMILES string of the molecule is CC(CS(C)(=O)=O)NCc1cc(Cl)c2c(c1)OCCCO2. The van der Waals surface area contributed by atoms with Gasteiger partial charge in [-0.3, -0.25) is 0 Å². The number of hydrogen-bond acceptors (Lipinski definition) is 5. The van der Waals surface area contributed by atoms with Gasteiger partial charge >= 0.3 is 0 Å². The molecule has 2 rings (SSSR count). The Kier molecular flexibility index (Phi) is 5.35.